The number of urea groups is 1. The normalized spacial score (nSPS) is 35.0. The molecule has 0 spiro atoms. The summed E-state index contributed by atoms with van der Waals surface area (Å²) in [5, 5.41) is 14.3. The summed E-state index contributed by atoms with van der Waals surface area (Å²) < 4.78 is 2.05. The molecular formula is C18H28ClN5O. The van der Waals surface area contributed by atoms with E-state index in [1.54, 1.807) is 0 Å². The Bertz CT molecular complexity index is 599. The van der Waals surface area contributed by atoms with E-state index in [1.807, 2.05) is 4.68 Å². The molecule has 4 fully saturated rings. The fourth-order valence-corrected chi connectivity index (χ4v) is 6.06. The Balaban J connectivity index is 0.00000157. The average molecular weight is 366 g/mol. The summed E-state index contributed by atoms with van der Waals surface area (Å²) in [7, 11) is 0. The van der Waals surface area contributed by atoms with Crippen molar-refractivity contribution in [3.63, 3.8) is 0 Å². The Morgan fingerprint density at radius 3 is 2.56 bits per heavy atom. The van der Waals surface area contributed by atoms with Gasteiger partial charge in [0.2, 0.25) is 0 Å². The highest BCUT2D eigenvalue weighted by Gasteiger charge is 2.51. The van der Waals surface area contributed by atoms with Crippen LogP contribution >= 0.6 is 12.4 Å². The third-order valence-electron chi connectivity index (χ3n) is 6.57. The topological polar surface area (TPSA) is 71.0 Å². The SMILES string of the molecule is Cl.O=C(NCc1cc2n(n1)CCNC2)NC12CC3CC(CC(C3)C1)C2. The fourth-order valence-electron chi connectivity index (χ4n) is 6.06. The molecule has 1 aromatic heterocycles. The summed E-state index contributed by atoms with van der Waals surface area (Å²) in [5.41, 5.74) is 2.24. The molecule has 6 rings (SSSR count). The molecule has 0 unspecified atom stereocenters. The predicted molar refractivity (Wildman–Crippen MR) is 97.5 cm³/mol. The van der Waals surface area contributed by atoms with Crippen LogP contribution in [0.5, 0.6) is 0 Å². The average Bonchev–Trinajstić information content (AvgIpc) is 2.94. The lowest BCUT2D eigenvalue weighted by Gasteiger charge is -2.56. The molecule has 138 valence electrons. The maximum atomic E-state index is 12.5. The van der Waals surface area contributed by atoms with E-state index in [4.69, 9.17) is 0 Å². The fraction of sp³-hybridized carbons (Fsp3) is 0.778. The Kier molecular flexibility index (Phi) is 4.44. The van der Waals surface area contributed by atoms with Crippen LogP contribution in [0.1, 0.15) is 49.9 Å². The first-order chi connectivity index (χ1) is 11.7. The third kappa shape index (κ3) is 3.26. The molecule has 0 atom stereocenters. The summed E-state index contributed by atoms with van der Waals surface area (Å²) in [5.74, 6) is 2.55. The summed E-state index contributed by atoms with van der Waals surface area (Å²) in [6.45, 7) is 3.26. The van der Waals surface area contributed by atoms with E-state index in [9.17, 15) is 4.79 Å². The predicted octanol–water partition coefficient (Wildman–Crippen LogP) is 2.18. The van der Waals surface area contributed by atoms with Crippen LogP contribution in [0.25, 0.3) is 0 Å². The van der Waals surface area contributed by atoms with Crippen LogP contribution in [0, 0.1) is 17.8 Å². The molecule has 1 aliphatic heterocycles. The van der Waals surface area contributed by atoms with Crippen LogP contribution in [0.4, 0.5) is 4.79 Å². The van der Waals surface area contributed by atoms with Crippen LogP contribution in [-0.4, -0.2) is 27.9 Å². The second-order valence-electron chi connectivity index (χ2n) is 8.53. The molecular weight excluding hydrogens is 338 g/mol. The Morgan fingerprint density at radius 1 is 1.24 bits per heavy atom. The van der Waals surface area contributed by atoms with E-state index >= 15 is 0 Å². The van der Waals surface area contributed by atoms with Crippen LogP contribution in [0.15, 0.2) is 6.07 Å². The number of nitrogens with zero attached hydrogens (tertiary/aromatic N) is 2. The quantitative estimate of drug-likeness (QED) is 0.768. The molecule has 1 aromatic rings. The van der Waals surface area contributed by atoms with Gasteiger partial charge >= 0.3 is 6.03 Å². The summed E-state index contributed by atoms with van der Waals surface area (Å²) in [4.78, 5) is 12.5. The highest BCUT2D eigenvalue weighted by atomic mass is 35.5. The smallest absolute Gasteiger partial charge is 0.315 e. The maximum absolute atomic E-state index is 12.5. The van der Waals surface area contributed by atoms with Gasteiger partial charge in [0.15, 0.2) is 0 Å². The second kappa shape index (κ2) is 6.47. The number of carbonyl (C=O) groups excluding carboxylic acids is 1. The number of fused-ring (bicyclic) bond motifs is 1. The molecule has 6 nitrogen and oxygen atoms in total. The molecule has 0 aromatic carbocycles. The van der Waals surface area contributed by atoms with E-state index < -0.39 is 0 Å². The Labute approximate surface area is 154 Å². The van der Waals surface area contributed by atoms with Crippen LogP contribution in [0.2, 0.25) is 0 Å². The minimum absolute atomic E-state index is 0. The molecule has 7 heteroatoms. The lowest BCUT2D eigenvalue weighted by molar-refractivity contribution is -0.0135. The number of aromatic nitrogens is 2. The summed E-state index contributed by atoms with van der Waals surface area (Å²) >= 11 is 0. The zero-order valence-electron chi connectivity index (χ0n) is 14.6. The first-order valence-electron chi connectivity index (χ1n) is 9.50. The molecule has 25 heavy (non-hydrogen) atoms. The second-order valence-corrected chi connectivity index (χ2v) is 8.53. The standard InChI is InChI=1S/C18H27N5O.ClH/c24-17(20-10-15-6-16-11-19-1-2-23(16)22-15)21-18-7-12-3-13(8-18)5-14(4-12)9-18;/h6,12-14,19H,1-5,7-11H2,(H2,20,21,24);1H. The zero-order valence-corrected chi connectivity index (χ0v) is 15.4. The number of rotatable bonds is 3. The van der Waals surface area contributed by atoms with E-state index in [-0.39, 0.29) is 24.0 Å². The summed E-state index contributed by atoms with van der Waals surface area (Å²) in [6.07, 6.45) is 7.77. The minimum atomic E-state index is -0.0129. The first kappa shape index (κ1) is 17.2. The van der Waals surface area contributed by atoms with E-state index in [1.165, 1.54) is 44.2 Å². The highest BCUT2D eigenvalue weighted by Crippen LogP contribution is 2.55. The molecule has 0 radical (unpaired) electrons. The summed E-state index contributed by atoms with van der Waals surface area (Å²) in [6, 6.07) is 2.08. The van der Waals surface area contributed by atoms with Crippen LogP contribution in [-0.2, 0) is 19.6 Å². The van der Waals surface area contributed by atoms with Gasteiger partial charge in [0.1, 0.15) is 0 Å². The van der Waals surface area contributed by atoms with Crippen molar-refractivity contribution in [3.05, 3.63) is 17.5 Å². The molecule has 4 aliphatic carbocycles. The van der Waals surface area contributed by atoms with Gasteiger partial charge in [-0.05, 0) is 62.3 Å². The lowest BCUT2D eigenvalue weighted by atomic mass is 9.53. The number of halogens is 1. The van der Waals surface area contributed by atoms with Crippen LogP contribution < -0.4 is 16.0 Å². The van der Waals surface area contributed by atoms with Crippen molar-refractivity contribution in [2.45, 2.75) is 63.7 Å². The minimum Gasteiger partial charge on any atom is -0.333 e. The van der Waals surface area contributed by atoms with Gasteiger partial charge in [0.05, 0.1) is 24.5 Å². The van der Waals surface area contributed by atoms with Gasteiger partial charge in [-0.2, -0.15) is 5.10 Å². The van der Waals surface area contributed by atoms with Crippen molar-refractivity contribution >= 4 is 18.4 Å². The highest BCUT2D eigenvalue weighted by molar-refractivity contribution is 5.85. The van der Waals surface area contributed by atoms with Crippen molar-refractivity contribution in [2.24, 2.45) is 17.8 Å². The maximum Gasteiger partial charge on any atom is 0.315 e. The molecule has 0 saturated heterocycles. The monoisotopic (exact) mass is 365 g/mol. The number of hydrogen-bond acceptors (Lipinski definition) is 3. The van der Waals surface area contributed by atoms with Gasteiger partial charge in [-0.1, -0.05) is 0 Å². The molecule has 2 amide bonds. The van der Waals surface area contributed by atoms with Gasteiger partial charge in [-0.25, -0.2) is 4.79 Å². The largest absolute Gasteiger partial charge is 0.333 e. The van der Waals surface area contributed by atoms with Crippen LogP contribution in [0.3, 0.4) is 0 Å². The van der Waals surface area contributed by atoms with Crippen molar-refractivity contribution in [1.29, 1.82) is 0 Å². The lowest BCUT2D eigenvalue weighted by Crippen LogP contribution is -2.61. The number of amides is 2. The molecule has 4 bridgehead atoms. The van der Waals surface area contributed by atoms with Crippen molar-refractivity contribution < 1.29 is 4.79 Å². The zero-order chi connectivity index (χ0) is 16.1. The Morgan fingerprint density at radius 2 is 1.92 bits per heavy atom. The van der Waals surface area contributed by atoms with Gasteiger partial charge in [0.25, 0.3) is 0 Å². The number of carbonyl (C=O) groups is 1. The number of hydrogen-bond donors (Lipinski definition) is 3. The van der Waals surface area contributed by atoms with Gasteiger partial charge in [-0.3, -0.25) is 4.68 Å². The molecule has 2 heterocycles. The van der Waals surface area contributed by atoms with E-state index in [0.717, 1.165) is 43.1 Å². The van der Waals surface area contributed by atoms with E-state index in [2.05, 4.69) is 27.1 Å². The van der Waals surface area contributed by atoms with Gasteiger partial charge < -0.3 is 16.0 Å². The molecule has 3 N–H and O–H groups in total. The number of nitrogens with one attached hydrogen (secondary N) is 3. The Hall–Kier alpha value is -1.27. The molecule has 5 aliphatic rings. The van der Waals surface area contributed by atoms with Gasteiger partial charge in [-0.15, -0.1) is 12.4 Å². The third-order valence-corrected chi connectivity index (χ3v) is 6.57. The van der Waals surface area contributed by atoms with Gasteiger partial charge in [0, 0.05) is 18.6 Å². The van der Waals surface area contributed by atoms with Crippen molar-refractivity contribution in [3.8, 4) is 0 Å². The molecule has 4 saturated carbocycles. The van der Waals surface area contributed by atoms with Crippen molar-refractivity contribution in [2.75, 3.05) is 6.54 Å². The van der Waals surface area contributed by atoms with E-state index in [0.29, 0.717) is 6.54 Å². The first-order valence-corrected chi connectivity index (χ1v) is 9.50. The van der Waals surface area contributed by atoms with Crippen molar-refractivity contribution in [1.82, 2.24) is 25.7 Å².